The van der Waals surface area contributed by atoms with Crippen molar-refractivity contribution in [1.29, 1.82) is 0 Å². The molecule has 0 spiro atoms. The molecular weight excluding hydrogens is 188 g/mol. The second-order valence-electron chi connectivity index (χ2n) is 5.29. The highest BCUT2D eigenvalue weighted by molar-refractivity contribution is 5.82. The van der Waals surface area contributed by atoms with Gasteiger partial charge in [0.05, 0.1) is 6.10 Å². The van der Waals surface area contributed by atoms with E-state index >= 15 is 0 Å². The first-order chi connectivity index (χ1) is 7.00. The quantitative estimate of drug-likeness (QED) is 0.716. The first-order valence-electron chi connectivity index (χ1n) is 6.15. The third kappa shape index (κ3) is 3.94. The lowest BCUT2D eigenvalue weighted by atomic mass is 9.74. The molecule has 88 valence electrons. The van der Waals surface area contributed by atoms with Crippen molar-refractivity contribution in [2.45, 2.75) is 53.1 Å². The van der Waals surface area contributed by atoms with Gasteiger partial charge in [-0.3, -0.25) is 4.79 Å². The van der Waals surface area contributed by atoms with Gasteiger partial charge in [0, 0.05) is 5.92 Å². The zero-order chi connectivity index (χ0) is 11.4. The van der Waals surface area contributed by atoms with E-state index in [1.807, 2.05) is 13.8 Å². The van der Waals surface area contributed by atoms with E-state index in [0.29, 0.717) is 18.3 Å². The number of carbonyl (C=O) groups is 1. The van der Waals surface area contributed by atoms with Gasteiger partial charge in [0.15, 0.2) is 5.78 Å². The molecule has 1 aliphatic carbocycles. The summed E-state index contributed by atoms with van der Waals surface area (Å²) < 4.78 is 5.37. The fraction of sp³-hybridized carbons (Fsp3) is 0.923. The molecule has 2 nitrogen and oxygen atoms in total. The van der Waals surface area contributed by atoms with Gasteiger partial charge in [0.2, 0.25) is 0 Å². The van der Waals surface area contributed by atoms with E-state index in [4.69, 9.17) is 4.74 Å². The molecule has 0 aromatic rings. The molecule has 0 aliphatic heterocycles. The maximum Gasteiger partial charge on any atom is 0.161 e. The fourth-order valence-electron chi connectivity index (χ4n) is 2.21. The molecule has 0 saturated heterocycles. The van der Waals surface area contributed by atoms with E-state index in [2.05, 4.69) is 13.8 Å². The van der Waals surface area contributed by atoms with Crippen LogP contribution in [0.4, 0.5) is 0 Å². The monoisotopic (exact) mass is 212 g/mol. The normalized spacial score (nSPS) is 31.9. The molecule has 0 aromatic carbocycles. The molecule has 1 fully saturated rings. The predicted octanol–water partition coefficient (Wildman–Crippen LogP) is 3.05. The number of hydrogen-bond donors (Lipinski definition) is 0. The highest BCUT2D eigenvalue weighted by Gasteiger charge is 2.28. The summed E-state index contributed by atoms with van der Waals surface area (Å²) in [4.78, 5) is 11.8. The SMILES string of the molecule is CC(C)OCC(=O)C1CCC(C)C(C)C1. The van der Waals surface area contributed by atoms with Gasteiger partial charge in [0.25, 0.3) is 0 Å². The van der Waals surface area contributed by atoms with Crippen LogP contribution < -0.4 is 0 Å². The Morgan fingerprint density at radius 3 is 2.47 bits per heavy atom. The Hall–Kier alpha value is -0.370. The third-order valence-corrected chi connectivity index (χ3v) is 3.61. The van der Waals surface area contributed by atoms with Crippen molar-refractivity contribution in [2.75, 3.05) is 6.61 Å². The van der Waals surface area contributed by atoms with Crippen LogP contribution in [0.15, 0.2) is 0 Å². The van der Waals surface area contributed by atoms with Crippen molar-refractivity contribution in [3.05, 3.63) is 0 Å². The largest absolute Gasteiger partial charge is 0.371 e. The first kappa shape index (κ1) is 12.7. The Kier molecular flexibility index (Phi) is 4.78. The molecule has 3 atom stereocenters. The lowest BCUT2D eigenvalue weighted by Gasteiger charge is -2.31. The zero-order valence-electron chi connectivity index (χ0n) is 10.5. The minimum absolute atomic E-state index is 0.161. The van der Waals surface area contributed by atoms with Crippen LogP contribution in [-0.4, -0.2) is 18.5 Å². The van der Waals surface area contributed by atoms with E-state index in [1.165, 1.54) is 6.42 Å². The molecule has 0 aromatic heterocycles. The van der Waals surface area contributed by atoms with Crippen LogP contribution >= 0.6 is 0 Å². The molecule has 0 heterocycles. The van der Waals surface area contributed by atoms with Crippen LogP contribution in [0.25, 0.3) is 0 Å². The van der Waals surface area contributed by atoms with Crippen LogP contribution in [0.5, 0.6) is 0 Å². The lowest BCUT2D eigenvalue weighted by Crippen LogP contribution is -2.29. The van der Waals surface area contributed by atoms with Gasteiger partial charge in [0.1, 0.15) is 6.61 Å². The maximum atomic E-state index is 11.8. The first-order valence-corrected chi connectivity index (χ1v) is 6.15. The van der Waals surface area contributed by atoms with E-state index in [1.54, 1.807) is 0 Å². The zero-order valence-corrected chi connectivity index (χ0v) is 10.5. The molecule has 1 saturated carbocycles. The van der Waals surface area contributed by atoms with Crippen molar-refractivity contribution in [1.82, 2.24) is 0 Å². The Balaban J connectivity index is 2.34. The van der Waals surface area contributed by atoms with Gasteiger partial charge in [-0.25, -0.2) is 0 Å². The molecule has 0 bridgehead atoms. The molecule has 1 aliphatic rings. The van der Waals surface area contributed by atoms with Gasteiger partial charge < -0.3 is 4.74 Å². The van der Waals surface area contributed by atoms with Crippen molar-refractivity contribution in [2.24, 2.45) is 17.8 Å². The summed E-state index contributed by atoms with van der Waals surface area (Å²) in [7, 11) is 0. The van der Waals surface area contributed by atoms with E-state index in [0.717, 1.165) is 18.8 Å². The second kappa shape index (κ2) is 5.64. The van der Waals surface area contributed by atoms with Crippen LogP contribution in [0, 0.1) is 17.8 Å². The number of carbonyl (C=O) groups excluding carboxylic acids is 1. The van der Waals surface area contributed by atoms with Gasteiger partial charge in [-0.2, -0.15) is 0 Å². The van der Waals surface area contributed by atoms with E-state index in [9.17, 15) is 4.79 Å². The number of Topliss-reactive ketones (excluding diaryl/α,β-unsaturated/α-hetero) is 1. The highest BCUT2D eigenvalue weighted by atomic mass is 16.5. The molecule has 15 heavy (non-hydrogen) atoms. The second-order valence-corrected chi connectivity index (χ2v) is 5.29. The van der Waals surface area contributed by atoms with Crippen LogP contribution in [0.3, 0.4) is 0 Å². The maximum absolute atomic E-state index is 11.8. The minimum atomic E-state index is 0.161. The summed E-state index contributed by atoms with van der Waals surface area (Å²) in [5, 5.41) is 0. The van der Waals surface area contributed by atoms with Gasteiger partial charge in [-0.1, -0.05) is 13.8 Å². The van der Waals surface area contributed by atoms with Crippen LogP contribution in [-0.2, 0) is 9.53 Å². The summed E-state index contributed by atoms with van der Waals surface area (Å²) in [6, 6.07) is 0. The number of rotatable bonds is 4. The highest BCUT2D eigenvalue weighted by Crippen LogP contribution is 2.33. The molecule has 0 amide bonds. The summed E-state index contributed by atoms with van der Waals surface area (Å²) in [6.07, 6.45) is 3.47. The van der Waals surface area contributed by atoms with Gasteiger partial charge in [-0.15, -0.1) is 0 Å². The molecule has 0 radical (unpaired) electrons. The summed E-state index contributed by atoms with van der Waals surface area (Å²) in [6.45, 7) is 8.80. The van der Waals surface area contributed by atoms with Crippen LogP contribution in [0.1, 0.15) is 47.0 Å². The molecule has 2 heteroatoms. The third-order valence-electron chi connectivity index (χ3n) is 3.61. The lowest BCUT2D eigenvalue weighted by molar-refractivity contribution is -0.130. The van der Waals surface area contributed by atoms with Crippen molar-refractivity contribution < 1.29 is 9.53 Å². The molecule has 1 rings (SSSR count). The minimum Gasteiger partial charge on any atom is -0.371 e. The smallest absolute Gasteiger partial charge is 0.161 e. The molecular formula is C13H24O2. The summed E-state index contributed by atoms with van der Waals surface area (Å²) in [5.41, 5.74) is 0. The van der Waals surface area contributed by atoms with Gasteiger partial charge in [-0.05, 0) is 44.9 Å². The Labute approximate surface area is 93.4 Å². The number of ether oxygens (including phenoxy) is 1. The molecule has 0 N–H and O–H groups in total. The Morgan fingerprint density at radius 1 is 1.27 bits per heavy atom. The average Bonchev–Trinajstić information content (AvgIpc) is 2.18. The Bertz CT molecular complexity index is 211. The summed E-state index contributed by atoms with van der Waals surface area (Å²) >= 11 is 0. The number of ketones is 1. The van der Waals surface area contributed by atoms with E-state index in [-0.39, 0.29) is 12.0 Å². The topological polar surface area (TPSA) is 26.3 Å². The van der Waals surface area contributed by atoms with Gasteiger partial charge >= 0.3 is 0 Å². The van der Waals surface area contributed by atoms with E-state index < -0.39 is 0 Å². The Morgan fingerprint density at radius 2 is 1.93 bits per heavy atom. The van der Waals surface area contributed by atoms with Crippen molar-refractivity contribution in [3.8, 4) is 0 Å². The standard InChI is InChI=1S/C13H24O2/c1-9(2)15-8-13(14)12-6-5-10(3)11(4)7-12/h9-12H,5-8H2,1-4H3. The van der Waals surface area contributed by atoms with Crippen LogP contribution in [0.2, 0.25) is 0 Å². The summed E-state index contributed by atoms with van der Waals surface area (Å²) in [5.74, 6) is 2.03. The average molecular weight is 212 g/mol. The van der Waals surface area contributed by atoms with Crippen molar-refractivity contribution in [3.63, 3.8) is 0 Å². The fourth-order valence-corrected chi connectivity index (χ4v) is 2.21. The predicted molar refractivity (Wildman–Crippen MR) is 61.8 cm³/mol. The van der Waals surface area contributed by atoms with Crippen molar-refractivity contribution >= 4 is 5.78 Å². The number of hydrogen-bond acceptors (Lipinski definition) is 2. The molecule has 3 unspecified atom stereocenters.